The molecule has 0 bridgehead atoms. The summed E-state index contributed by atoms with van der Waals surface area (Å²) in [5, 5.41) is 18.7. The van der Waals surface area contributed by atoms with Gasteiger partial charge in [0.1, 0.15) is 6.04 Å². The van der Waals surface area contributed by atoms with E-state index in [2.05, 4.69) is 16.0 Å². The van der Waals surface area contributed by atoms with Crippen molar-refractivity contribution >= 4 is 29.2 Å². The molecule has 148 valence electrons. The maximum atomic E-state index is 12.1. The van der Waals surface area contributed by atoms with Crippen molar-refractivity contribution in [2.75, 3.05) is 6.54 Å². The standard InChI is InChI=1S/C21H25N3O3S/c25-19(17-11-5-2-6-12-17)24-18(20(26)27)13-7-8-14-22-21(28)23-15-16-9-3-1-4-10-16/h1-6,9-12,18H,7-8,13-15H2,(H,24,25)(H,26,27)(H2,22,23,28). The molecule has 0 heterocycles. The predicted octanol–water partition coefficient (Wildman–Crippen LogP) is 2.70. The molecule has 1 amide bonds. The van der Waals surface area contributed by atoms with E-state index in [1.807, 2.05) is 30.3 Å². The summed E-state index contributed by atoms with van der Waals surface area (Å²) in [5.74, 6) is -1.41. The summed E-state index contributed by atoms with van der Waals surface area (Å²) in [4.78, 5) is 23.5. The molecule has 0 radical (unpaired) electrons. The number of hydrogen-bond acceptors (Lipinski definition) is 3. The minimum Gasteiger partial charge on any atom is -0.480 e. The molecule has 0 spiro atoms. The van der Waals surface area contributed by atoms with Gasteiger partial charge in [0.2, 0.25) is 0 Å². The van der Waals surface area contributed by atoms with Crippen LogP contribution in [-0.2, 0) is 11.3 Å². The zero-order valence-electron chi connectivity index (χ0n) is 15.6. The summed E-state index contributed by atoms with van der Waals surface area (Å²) in [6.45, 7) is 1.29. The Morgan fingerprint density at radius 2 is 1.57 bits per heavy atom. The summed E-state index contributed by atoms with van der Waals surface area (Å²) in [6, 6.07) is 17.6. The molecule has 0 aliphatic rings. The van der Waals surface area contributed by atoms with Crippen molar-refractivity contribution < 1.29 is 14.7 Å². The highest BCUT2D eigenvalue weighted by Crippen LogP contribution is 2.04. The second-order valence-corrected chi connectivity index (χ2v) is 6.73. The first-order chi connectivity index (χ1) is 13.6. The molecule has 0 aliphatic heterocycles. The van der Waals surface area contributed by atoms with Crippen molar-refractivity contribution in [2.45, 2.75) is 31.8 Å². The average Bonchev–Trinajstić information content (AvgIpc) is 2.72. The van der Waals surface area contributed by atoms with Crippen molar-refractivity contribution in [1.82, 2.24) is 16.0 Å². The van der Waals surface area contributed by atoms with E-state index >= 15 is 0 Å². The first-order valence-corrected chi connectivity index (χ1v) is 9.61. The highest BCUT2D eigenvalue weighted by atomic mass is 32.1. The van der Waals surface area contributed by atoms with Gasteiger partial charge in [0.25, 0.3) is 5.91 Å². The minimum absolute atomic E-state index is 0.361. The van der Waals surface area contributed by atoms with Gasteiger partial charge in [-0.15, -0.1) is 0 Å². The molecule has 0 fully saturated rings. The van der Waals surface area contributed by atoms with Crippen LogP contribution >= 0.6 is 12.2 Å². The third kappa shape index (κ3) is 7.75. The van der Waals surface area contributed by atoms with Gasteiger partial charge in [-0.25, -0.2) is 4.79 Å². The number of amides is 1. The number of rotatable bonds is 10. The molecular weight excluding hydrogens is 374 g/mol. The van der Waals surface area contributed by atoms with E-state index in [4.69, 9.17) is 12.2 Å². The molecule has 0 aromatic heterocycles. The molecule has 2 aromatic carbocycles. The maximum Gasteiger partial charge on any atom is 0.326 e. The number of hydrogen-bond donors (Lipinski definition) is 4. The Labute approximate surface area is 170 Å². The lowest BCUT2D eigenvalue weighted by atomic mass is 10.1. The van der Waals surface area contributed by atoms with Crippen LogP contribution in [0.1, 0.15) is 35.2 Å². The molecule has 0 saturated carbocycles. The molecule has 28 heavy (non-hydrogen) atoms. The van der Waals surface area contributed by atoms with Gasteiger partial charge in [0, 0.05) is 18.7 Å². The van der Waals surface area contributed by atoms with Gasteiger partial charge in [-0.05, 0) is 49.2 Å². The highest BCUT2D eigenvalue weighted by molar-refractivity contribution is 7.80. The monoisotopic (exact) mass is 399 g/mol. The minimum atomic E-state index is -1.03. The van der Waals surface area contributed by atoms with E-state index in [9.17, 15) is 14.7 Å². The van der Waals surface area contributed by atoms with Gasteiger partial charge < -0.3 is 21.1 Å². The van der Waals surface area contributed by atoms with E-state index in [-0.39, 0.29) is 5.91 Å². The van der Waals surface area contributed by atoms with Crippen LogP contribution in [-0.4, -0.2) is 34.7 Å². The van der Waals surface area contributed by atoms with Crippen LogP contribution in [0.2, 0.25) is 0 Å². The second kappa shape index (κ2) is 11.7. The number of benzene rings is 2. The summed E-state index contributed by atoms with van der Waals surface area (Å²) >= 11 is 5.23. The van der Waals surface area contributed by atoms with E-state index in [1.54, 1.807) is 30.3 Å². The summed E-state index contributed by atoms with van der Waals surface area (Å²) in [5.41, 5.74) is 1.59. The fourth-order valence-electron chi connectivity index (χ4n) is 2.60. The number of carboxylic acids is 1. The normalized spacial score (nSPS) is 11.3. The molecule has 4 N–H and O–H groups in total. The SMILES string of the molecule is O=C(NC(CCCCNC(=S)NCc1ccccc1)C(=O)O)c1ccccc1. The lowest BCUT2D eigenvalue weighted by Gasteiger charge is -2.15. The Morgan fingerprint density at radius 3 is 2.21 bits per heavy atom. The second-order valence-electron chi connectivity index (χ2n) is 6.32. The Bertz CT molecular complexity index is 769. The lowest BCUT2D eigenvalue weighted by molar-refractivity contribution is -0.139. The molecule has 7 heteroatoms. The lowest BCUT2D eigenvalue weighted by Crippen LogP contribution is -2.41. The summed E-state index contributed by atoms with van der Waals surface area (Å²) in [7, 11) is 0. The maximum absolute atomic E-state index is 12.1. The summed E-state index contributed by atoms with van der Waals surface area (Å²) < 4.78 is 0. The number of carbonyl (C=O) groups excluding carboxylic acids is 1. The molecule has 1 atom stereocenters. The number of aliphatic carboxylic acids is 1. The molecule has 2 rings (SSSR count). The smallest absolute Gasteiger partial charge is 0.326 e. The fourth-order valence-corrected chi connectivity index (χ4v) is 2.78. The van der Waals surface area contributed by atoms with Gasteiger partial charge in [0.05, 0.1) is 0 Å². The van der Waals surface area contributed by atoms with Crippen molar-refractivity contribution in [1.29, 1.82) is 0 Å². The highest BCUT2D eigenvalue weighted by Gasteiger charge is 2.19. The van der Waals surface area contributed by atoms with Crippen LogP contribution in [0.3, 0.4) is 0 Å². The Morgan fingerprint density at radius 1 is 0.929 bits per heavy atom. The van der Waals surface area contributed by atoms with Gasteiger partial charge in [0.15, 0.2) is 5.11 Å². The first-order valence-electron chi connectivity index (χ1n) is 9.20. The zero-order chi connectivity index (χ0) is 20.2. The molecule has 0 aliphatic carbocycles. The first kappa shape index (κ1) is 21.4. The Hall–Kier alpha value is -2.93. The Kier molecular flexibility index (Phi) is 8.94. The van der Waals surface area contributed by atoms with Gasteiger partial charge in [-0.2, -0.15) is 0 Å². The van der Waals surface area contributed by atoms with E-state index in [1.165, 1.54) is 0 Å². The quantitative estimate of drug-likeness (QED) is 0.363. The third-order valence-corrected chi connectivity index (χ3v) is 4.43. The van der Waals surface area contributed by atoms with Gasteiger partial charge in [-0.3, -0.25) is 4.79 Å². The number of carboxylic acid groups (broad SMARTS) is 1. The van der Waals surface area contributed by atoms with Crippen molar-refractivity contribution in [2.24, 2.45) is 0 Å². The van der Waals surface area contributed by atoms with Gasteiger partial charge >= 0.3 is 5.97 Å². The van der Waals surface area contributed by atoms with E-state index < -0.39 is 12.0 Å². The average molecular weight is 400 g/mol. The molecule has 1 unspecified atom stereocenters. The van der Waals surface area contributed by atoms with Crippen LogP contribution in [0.4, 0.5) is 0 Å². The van der Waals surface area contributed by atoms with Crippen LogP contribution in [0, 0.1) is 0 Å². The van der Waals surface area contributed by atoms with Crippen molar-refractivity contribution in [3.05, 3.63) is 71.8 Å². The summed E-state index contributed by atoms with van der Waals surface area (Å²) in [6.07, 6.45) is 1.76. The van der Waals surface area contributed by atoms with Crippen LogP contribution in [0.15, 0.2) is 60.7 Å². The van der Waals surface area contributed by atoms with Gasteiger partial charge in [-0.1, -0.05) is 48.5 Å². The van der Waals surface area contributed by atoms with Crippen molar-refractivity contribution in [3.8, 4) is 0 Å². The van der Waals surface area contributed by atoms with Crippen LogP contribution < -0.4 is 16.0 Å². The number of unbranched alkanes of at least 4 members (excludes halogenated alkanes) is 1. The fraction of sp³-hybridized carbons (Fsp3) is 0.286. The molecule has 6 nitrogen and oxygen atoms in total. The Balaban J connectivity index is 1.64. The molecular formula is C21H25N3O3S. The number of carbonyl (C=O) groups is 2. The zero-order valence-corrected chi connectivity index (χ0v) is 16.4. The third-order valence-electron chi connectivity index (χ3n) is 4.14. The molecule has 2 aromatic rings. The number of nitrogens with one attached hydrogen (secondary N) is 3. The topological polar surface area (TPSA) is 90.5 Å². The number of thiocarbonyl (C=S) groups is 1. The largest absolute Gasteiger partial charge is 0.480 e. The van der Waals surface area contributed by atoms with Crippen LogP contribution in [0.25, 0.3) is 0 Å². The van der Waals surface area contributed by atoms with Crippen LogP contribution in [0.5, 0.6) is 0 Å². The molecule has 0 saturated heterocycles. The van der Waals surface area contributed by atoms with E-state index in [0.29, 0.717) is 36.6 Å². The predicted molar refractivity (Wildman–Crippen MR) is 113 cm³/mol. The van der Waals surface area contributed by atoms with Crippen molar-refractivity contribution in [3.63, 3.8) is 0 Å². The van der Waals surface area contributed by atoms with E-state index in [0.717, 1.165) is 12.0 Å².